The number of hydrogen-bond acceptors (Lipinski definition) is 4. The van der Waals surface area contributed by atoms with E-state index in [9.17, 15) is 8.42 Å². The summed E-state index contributed by atoms with van der Waals surface area (Å²) < 4.78 is 27.2. The Kier molecular flexibility index (Phi) is 4.51. The predicted molar refractivity (Wildman–Crippen MR) is 77.8 cm³/mol. The zero-order valence-corrected chi connectivity index (χ0v) is 13.4. The first kappa shape index (κ1) is 15.5. The van der Waals surface area contributed by atoms with Crippen molar-refractivity contribution < 1.29 is 8.42 Å². The zero-order chi connectivity index (χ0) is 14.9. The molecule has 1 aliphatic heterocycles. The number of aromatic nitrogens is 2. The lowest BCUT2D eigenvalue weighted by Gasteiger charge is -2.20. The quantitative estimate of drug-likeness (QED) is 0.858. The minimum Gasteiger partial charge on any atom is -0.313 e. The molecule has 1 fully saturated rings. The molecular formula is C13H24N4O2S. The van der Waals surface area contributed by atoms with E-state index in [0.29, 0.717) is 19.0 Å². The summed E-state index contributed by atoms with van der Waals surface area (Å²) in [5, 5.41) is 10.2. The summed E-state index contributed by atoms with van der Waals surface area (Å²) in [6, 6.07) is 0.0407. The third-order valence-electron chi connectivity index (χ3n) is 3.87. The Balaban J connectivity index is 2.35. The average Bonchev–Trinajstić information content (AvgIpc) is 2.90. The molecule has 6 nitrogen and oxygen atoms in total. The number of rotatable bonds is 5. The lowest BCUT2D eigenvalue weighted by Crippen LogP contribution is -2.35. The molecule has 2 atom stereocenters. The van der Waals surface area contributed by atoms with E-state index in [1.165, 1.54) is 0 Å². The van der Waals surface area contributed by atoms with Gasteiger partial charge in [0.05, 0.1) is 0 Å². The van der Waals surface area contributed by atoms with Gasteiger partial charge < -0.3 is 5.32 Å². The number of H-pyrrole nitrogens is 1. The molecule has 2 rings (SSSR count). The van der Waals surface area contributed by atoms with Crippen LogP contribution < -0.4 is 5.32 Å². The third-order valence-corrected chi connectivity index (χ3v) is 5.82. The lowest BCUT2D eigenvalue weighted by molar-refractivity contribution is 0.403. The second-order valence-corrected chi connectivity index (χ2v) is 7.48. The van der Waals surface area contributed by atoms with Crippen LogP contribution in [-0.4, -0.2) is 42.1 Å². The molecule has 2 unspecified atom stereocenters. The van der Waals surface area contributed by atoms with Gasteiger partial charge >= 0.3 is 0 Å². The highest BCUT2D eigenvalue weighted by atomic mass is 32.2. The summed E-state index contributed by atoms with van der Waals surface area (Å²) in [6.07, 6.45) is 0.908. The van der Waals surface area contributed by atoms with Crippen LogP contribution in [0.2, 0.25) is 0 Å². The average molecular weight is 300 g/mol. The van der Waals surface area contributed by atoms with Gasteiger partial charge in [0.25, 0.3) is 10.0 Å². The van der Waals surface area contributed by atoms with E-state index in [1.54, 1.807) is 4.31 Å². The smallest absolute Gasteiger partial charge is 0.262 e. The van der Waals surface area contributed by atoms with E-state index in [1.807, 2.05) is 20.8 Å². The second-order valence-electron chi connectivity index (χ2n) is 5.68. The number of hydrogen-bond donors (Lipinski definition) is 2. The highest BCUT2D eigenvalue weighted by Gasteiger charge is 2.38. The maximum absolute atomic E-state index is 12.8. The number of aromatic amines is 1. The Bertz CT molecular complexity index is 567. The van der Waals surface area contributed by atoms with Gasteiger partial charge in [-0.05, 0) is 32.7 Å². The standard InChI is InChI=1S/C13H24N4O2S/c1-5-14-7-12-11(4)15-16-13(12)20(18,19)17-8-9(2)6-10(17)3/h9-10,14H,5-8H2,1-4H3,(H,15,16). The molecule has 1 aliphatic rings. The Labute approximate surface area is 121 Å². The van der Waals surface area contributed by atoms with Crippen molar-refractivity contribution >= 4 is 10.0 Å². The van der Waals surface area contributed by atoms with Crippen LogP contribution in [0.1, 0.15) is 38.4 Å². The molecular weight excluding hydrogens is 276 g/mol. The van der Waals surface area contributed by atoms with Gasteiger partial charge in [-0.25, -0.2) is 8.42 Å². The molecule has 0 aliphatic carbocycles. The summed E-state index contributed by atoms with van der Waals surface area (Å²) in [4.78, 5) is 0. The molecule has 2 N–H and O–H groups in total. The van der Waals surface area contributed by atoms with Crippen molar-refractivity contribution in [2.45, 2.75) is 51.7 Å². The molecule has 1 aromatic heterocycles. The van der Waals surface area contributed by atoms with Crippen LogP contribution in [0.15, 0.2) is 5.03 Å². The number of aryl methyl sites for hydroxylation is 1. The van der Waals surface area contributed by atoms with Crippen molar-refractivity contribution in [2.24, 2.45) is 5.92 Å². The number of nitrogens with zero attached hydrogens (tertiary/aromatic N) is 2. The molecule has 0 saturated carbocycles. The van der Waals surface area contributed by atoms with E-state index in [-0.39, 0.29) is 11.1 Å². The first-order valence-corrected chi connectivity index (χ1v) is 8.58. The molecule has 2 heterocycles. The maximum Gasteiger partial charge on any atom is 0.262 e. The summed E-state index contributed by atoms with van der Waals surface area (Å²) in [5.41, 5.74) is 1.56. The normalized spacial score (nSPS) is 24.4. The summed E-state index contributed by atoms with van der Waals surface area (Å²) in [7, 11) is -3.51. The van der Waals surface area contributed by atoms with Crippen LogP contribution in [0, 0.1) is 12.8 Å². The Morgan fingerprint density at radius 2 is 2.15 bits per heavy atom. The van der Waals surface area contributed by atoms with Gasteiger partial charge in [-0.2, -0.15) is 9.40 Å². The van der Waals surface area contributed by atoms with E-state index >= 15 is 0 Å². The van der Waals surface area contributed by atoms with Gasteiger partial charge in [0.2, 0.25) is 0 Å². The van der Waals surface area contributed by atoms with Crippen LogP contribution in [0.5, 0.6) is 0 Å². The van der Waals surface area contributed by atoms with Crippen molar-refractivity contribution in [1.29, 1.82) is 0 Å². The van der Waals surface area contributed by atoms with Gasteiger partial charge in [-0.3, -0.25) is 5.10 Å². The Morgan fingerprint density at radius 3 is 2.70 bits per heavy atom. The minimum absolute atomic E-state index is 0.0407. The molecule has 7 heteroatoms. The first-order chi connectivity index (χ1) is 9.37. The van der Waals surface area contributed by atoms with Crippen LogP contribution in [-0.2, 0) is 16.6 Å². The van der Waals surface area contributed by atoms with Gasteiger partial charge in [-0.1, -0.05) is 13.8 Å². The molecule has 1 saturated heterocycles. The Hall–Kier alpha value is -0.920. The summed E-state index contributed by atoms with van der Waals surface area (Å²) in [5.74, 6) is 0.400. The molecule has 20 heavy (non-hydrogen) atoms. The molecule has 0 spiro atoms. The van der Waals surface area contributed by atoms with Crippen molar-refractivity contribution in [1.82, 2.24) is 19.8 Å². The number of nitrogens with one attached hydrogen (secondary N) is 2. The van der Waals surface area contributed by atoms with Crippen LogP contribution in [0.25, 0.3) is 0 Å². The monoisotopic (exact) mass is 300 g/mol. The molecule has 1 aromatic rings. The maximum atomic E-state index is 12.8. The van der Waals surface area contributed by atoms with E-state index in [2.05, 4.69) is 22.4 Å². The molecule has 0 aromatic carbocycles. The third kappa shape index (κ3) is 2.75. The molecule has 114 valence electrons. The van der Waals surface area contributed by atoms with E-state index < -0.39 is 10.0 Å². The number of sulfonamides is 1. The highest BCUT2D eigenvalue weighted by Crippen LogP contribution is 2.30. The fourth-order valence-electron chi connectivity index (χ4n) is 2.81. The second kappa shape index (κ2) is 5.83. The zero-order valence-electron chi connectivity index (χ0n) is 12.6. The van der Waals surface area contributed by atoms with Crippen molar-refractivity contribution in [3.63, 3.8) is 0 Å². The minimum atomic E-state index is -3.51. The lowest BCUT2D eigenvalue weighted by atomic mass is 10.1. The van der Waals surface area contributed by atoms with Crippen LogP contribution in [0.4, 0.5) is 0 Å². The van der Waals surface area contributed by atoms with Crippen LogP contribution in [0.3, 0.4) is 0 Å². The van der Waals surface area contributed by atoms with Crippen LogP contribution >= 0.6 is 0 Å². The summed E-state index contributed by atoms with van der Waals surface area (Å²) >= 11 is 0. The SMILES string of the molecule is CCNCc1c(S(=O)(=O)N2CC(C)CC2C)n[nH]c1C. The first-order valence-electron chi connectivity index (χ1n) is 7.14. The van der Waals surface area contributed by atoms with Crippen molar-refractivity contribution in [3.05, 3.63) is 11.3 Å². The predicted octanol–water partition coefficient (Wildman–Crippen LogP) is 1.25. The molecule has 0 radical (unpaired) electrons. The fraction of sp³-hybridized carbons (Fsp3) is 0.769. The van der Waals surface area contributed by atoms with E-state index in [0.717, 1.165) is 24.2 Å². The van der Waals surface area contributed by atoms with Gasteiger partial charge in [0.1, 0.15) is 0 Å². The fourth-order valence-corrected chi connectivity index (χ4v) is 4.74. The van der Waals surface area contributed by atoms with Crippen molar-refractivity contribution in [2.75, 3.05) is 13.1 Å². The van der Waals surface area contributed by atoms with Gasteiger partial charge in [0.15, 0.2) is 5.03 Å². The highest BCUT2D eigenvalue weighted by molar-refractivity contribution is 7.89. The Morgan fingerprint density at radius 1 is 1.45 bits per heavy atom. The van der Waals surface area contributed by atoms with E-state index in [4.69, 9.17) is 0 Å². The largest absolute Gasteiger partial charge is 0.313 e. The topological polar surface area (TPSA) is 78.1 Å². The van der Waals surface area contributed by atoms with Crippen molar-refractivity contribution in [3.8, 4) is 0 Å². The molecule has 0 bridgehead atoms. The molecule has 0 amide bonds. The summed E-state index contributed by atoms with van der Waals surface area (Å²) in [6.45, 7) is 9.79. The van der Waals surface area contributed by atoms with Gasteiger partial charge in [-0.15, -0.1) is 0 Å². The van der Waals surface area contributed by atoms with Gasteiger partial charge in [0, 0.05) is 30.4 Å².